The predicted molar refractivity (Wildman–Crippen MR) is 77.7 cm³/mol. The molecule has 0 saturated carbocycles. The summed E-state index contributed by atoms with van der Waals surface area (Å²) in [5.74, 6) is 0. The third-order valence-corrected chi connectivity index (χ3v) is 2.93. The molecule has 3 nitrogen and oxygen atoms in total. The van der Waals surface area contributed by atoms with Crippen LogP contribution < -0.4 is 5.56 Å². The first-order valence-corrected chi connectivity index (χ1v) is 6.03. The first kappa shape index (κ1) is 11.4. The SMILES string of the molecule is O=c1[nH]cnc2ccc(/C=C/c3ccccc3)cc12. The molecular formula is C16H12N2O. The van der Waals surface area contributed by atoms with Crippen molar-refractivity contribution in [1.29, 1.82) is 0 Å². The fourth-order valence-corrected chi connectivity index (χ4v) is 1.95. The van der Waals surface area contributed by atoms with E-state index in [-0.39, 0.29) is 5.56 Å². The lowest BCUT2D eigenvalue weighted by Crippen LogP contribution is -2.05. The molecular weight excluding hydrogens is 236 g/mol. The van der Waals surface area contributed by atoms with Crippen LogP contribution in [0.4, 0.5) is 0 Å². The van der Waals surface area contributed by atoms with Gasteiger partial charge in [0.25, 0.3) is 5.56 Å². The molecule has 0 saturated heterocycles. The number of fused-ring (bicyclic) bond motifs is 1. The van der Waals surface area contributed by atoms with Crippen LogP contribution in [0, 0.1) is 0 Å². The highest BCUT2D eigenvalue weighted by molar-refractivity contribution is 5.82. The topological polar surface area (TPSA) is 45.8 Å². The Kier molecular flexibility index (Phi) is 2.94. The van der Waals surface area contributed by atoms with Gasteiger partial charge in [-0.2, -0.15) is 0 Å². The van der Waals surface area contributed by atoms with Crippen LogP contribution in [0.1, 0.15) is 11.1 Å². The Morgan fingerprint density at radius 3 is 2.58 bits per heavy atom. The summed E-state index contributed by atoms with van der Waals surface area (Å²) in [6, 6.07) is 15.7. The van der Waals surface area contributed by atoms with Gasteiger partial charge in [0.1, 0.15) is 0 Å². The molecule has 0 aliphatic rings. The molecule has 19 heavy (non-hydrogen) atoms. The molecule has 2 aromatic carbocycles. The predicted octanol–water partition coefficient (Wildman–Crippen LogP) is 3.09. The second kappa shape index (κ2) is 4.90. The summed E-state index contributed by atoms with van der Waals surface area (Å²) >= 11 is 0. The molecule has 1 aromatic heterocycles. The molecule has 3 heteroatoms. The summed E-state index contributed by atoms with van der Waals surface area (Å²) in [6.45, 7) is 0. The van der Waals surface area contributed by atoms with Crippen LogP contribution in [-0.2, 0) is 0 Å². The van der Waals surface area contributed by atoms with Crippen LogP contribution in [0.2, 0.25) is 0 Å². The van der Waals surface area contributed by atoms with Crippen LogP contribution in [0.25, 0.3) is 23.1 Å². The number of H-pyrrole nitrogens is 1. The van der Waals surface area contributed by atoms with Crippen molar-refractivity contribution < 1.29 is 0 Å². The number of nitrogens with zero attached hydrogens (tertiary/aromatic N) is 1. The van der Waals surface area contributed by atoms with Gasteiger partial charge in [-0.15, -0.1) is 0 Å². The zero-order chi connectivity index (χ0) is 13.1. The van der Waals surface area contributed by atoms with Crippen molar-refractivity contribution >= 4 is 23.1 Å². The highest BCUT2D eigenvalue weighted by atomic mass is 16.1. The highest BCUT2D eigenvalue weighted by Gasteiger charge is 1.99. The monoisotopic (exact) mass is 248 g/mol. The molecule has 0 fully saturated rings. The largest absolute Gasteiger partial charge is 0.313 e. The van der Waals surface area contributed by atoms with Crippen molar-refractivity contribution in [3.05, 3.63) is 76.3 Å². The van der Waals surface area contributed by atoms with Crippen LogP contribution in [0.15, 0.2) is 59.7 Å². The number of hydrogen-bond donors (Lipinski definition) is 1. The number of nitrogens with one attached hydrogen (secondary N) is 1. The molecule has 0 aliphatic heterocycles. The van der Waals surface area contributed by atoms with Gasteiger partial charge >= 0.3 is 0 Å². The summed E-state index contributed by atoms with van der Waals surface area (Å²) in [5.41, 5.74) is 2.71. The van der Waals surface area contributed by atoms with Crippen molar-refractivity contribution in [2.45, 2.75) is 0 Å². The van der Waals surface area contributed by atoms with E-state index >= 15 is 0 Å². The van der Waals surface area contributed by atoms with E-state index in [9.17, 15) is 4.79 Å². The van der Waals surface area contributed by atoms with Crippen LogP contribution >= 0.6 is 0 Å². The van der Waals surface area contributed by atoms with E-state index < -0.39 is 0 Å². The molecule has 92 valence electrons. The fraction of sp³-hybridized carbons (Fsp3) is 0. The Labute approximate surface area is 110 Å². The minimum Gasteiger partial charge on any atom is -0.313 e. The minimum absolute atomic E-state index is 0.111. The van der Waals surface area contributed by atoms with Crippen LogP contribution in [0.3, 0.4) is 0 Å². The summed E-state index contributed by atoms with van der Waals surface area (Å²) in [7, 11) is 0. The zero-order valence-corrected chi connectivity index (χ0v) is 10.2. The molecule has 3 rings (SSSR count). The first-order chi connectivity index (χ1) is 9.33. The van der Waals surface area contributed by atoms with E-state index in [0.717, 1.165) is 11.1 Å². The van der Waals surface area contributed by atoms with Gasteiger partial charge in [-0.1, -0.05) is 48.6 Å². The van der Waals surface area contributed by atoms with Gasteiger partial charge in [0.15, 0.2) is 0 Å². The lowest BCUT2D eigenvalue weighted by molar-refractivity contribution is 1.17. The van der Waals surface area contributed by atoms with E-state index in [1.807, 2.05) is 60.7 Å². The summed E-state index contributed by atoms with van der Waals surface area (Å²) in [5, 5.41) is 0.609. The Balaban J connectivity index is 2.00. The smallest absolute Gasteiger partial charge is 0.258 e. The summed E-state index contributed by atoms with van der Waals surface area (Å²) < 4.78 is 0. The second-order valence-corrected chi connectivity index (χ2v) is 4.25. The van der Waals surface area contributed by atoms with Gasteiger partial charge in [-0.05, 0) is 23.3 Å². The summed E-state index contributed by atoms with van der Waals surface area (Å²) in [6.07, 6.45) is 5.43. The molecule has 0 amide bonds. The lowest BCUT2D eigenvalue weighted by atomic mass is 10.1. The van der Waals surface area contributed by atoms with E-state index in [1.54, 1.807) is 0 Å². The molecule has 0 spiro atoms. The Hall–Kier alpha value is -2.68. The Morgan fingerprint density at radius 1 is 0.947 bits per heavy atom. The molecule has 0 atom stereocenters. The maximum absolute atomic E-state index is 11.7. The fourth-order valence-electron chi connectivity index (χ4n) is 1.95. The van der Waals surface area contributed by atoms with E-state index in [2.05, 4.69) is 9.97 Å². The Morgan fingerprint density at radius 2 is 1.74 bits per heavy atom. The van der Waals surface area contributed by atoms with Crippen molar-refractivity contribution in [2.24, 2.45) is 0 Å². The number of aromatic nitrogens is 2. The quantitative estimate of drug-likeness (QED) is 0.708. The third-order valence-electron chi connectivity index (χ3n) is 2.93. The zero-order valence-electron chi connectivity index (χ0n) is 10.2. The molecule has 0 aliphatic carbocycles. The molecule has 3 aromatic rings. The number of hydrogen-bond acceptors (Lipinski definition) is 2. The van der Waals surface area contributed by atoms with Crippen LogP contribution in [0.5, 0.6) is 0 Å². The average molecular weight is 248 g/mol. The molecule has 1 heterocycles. The normalized spacial score (nSPS) is 11.2. The third kappa shape index (κ3) is 2.45. The Bertz CT molecular complexity index is 788. The average Bonchev–Trinajstić information content (AvgIpc) is 2.47. The van der Waals surface area contributed by atoms with Crippen molar-refractivity contribution in [2.75, 3.05) is 0 Å². The second-order valence-electron chi connectivity index (χ2n) is 4.25. The number of rotatable bonds is 2. The highest BCUT2D eigenvalue weighted by Crippen LogP contribution is 2.12. The van der Waals surface area contributed by atoms with Crippen LogP contribution in [-0.4, -0.2) is 9.97 Å². The minimum atomic E-state index is -0.111. The van der Waals surface area contributed by atoms with Gasteiger partial charge in [0, 0.05) is 0 Å². The number of benzene rings is 2. The standard InChI is InChI=1S/C16H12N2O/c19-16-14-10-13(8-9-15(14)17-11-18-16)7-6-12-4-2-1-3-5-12/h1-11H,(H,17,18,19)/b7-6+. The maximum atomic E-state index is 11.7. The van der Waals surface area contributed by atoms with Gasteiger partial charge in [-0.25, -0.2) is 4.98 Å². The number of aromatic amines is 1. The molecule has 0 bridgehead atoms. The van der Waals surface area contributed by atoms with E-state index in [4.69, 9.17) is 0 Å². The molecule has 0 radical (unpaired) electrons. The van der Waals surface area contributed by atoms with Gasteiger partial charge in [0.05, 0.1) is 17.2 Å². The van der Waals surface area contributed by atoms with Crippen molar-refractivity contribution in [3.8, 4) is 0 Å². The van der Waals surface area contributed by atoms with E-state index in [0.29, 0.717) is 10.9 Å². The van der Waals surface area contributed by atoms with Gasteiger partial charge in [0.2, 0.25) is 0 Å². The van der Waals surface area contributed by atoms with Crippen molar-refractivity contribution in [3.63, 3.8) is 0 Å². The summed E-state index contributed by atoms with van der Waals surface area (Å²) in [4.78, 5) is 18.4. The van der Waals surface area contributed by atoms with Gasteiger partial charge in [-0.3, -0.25) is 4.79 Å². The van der Waals surface area contributed by atoms with E-state index in [1.165, 1.54) is 6.33 Å². The van der Waals surface area contributed by atoms with Gasteiger partial charge < -0.3 is 4.98 Å². The van der Waals surface area contributed by atoms with Crippen molar-refractivity contribution in [1.82, 2.24) is 9.97 Å². The maximum Gasteiger partial charge on any atom is 0.258 e. The first-order valence-electron chi connectivity index (χ1n) is 6.03. The molecule has 0 unspecified atom stereocenters. The lowest BCUT2D eigenvalue weighted by Gasteiger charge is -1.98. The molecule has 1 N–H and O–H groups in total.